The third-order valence-electron chi connectivity index (χ3n) is 4.05. The summed E-state index contributed by atoms with van der Waals surface area (Å²) in [5.41, 5.74) is 3.17. The number of benzene rings is 1. The van der Waals surface area contributed by atoms with Gasteiger partial charge < -0.3 is 5.32 Å². The van der Waals surface area contributed by atoms with E-state index in [2.05, 4.69) is 32.5 Å². The third-order valence-corrected chi connectivity index (χ3v) is 4.89. The number of hydrogen-bond donors (Lipinski definition) is 1. The summed E-state index contributed by atoms with van der Waals surface area (Å²) in [6.07, 6.45) is 1.86. The summed E-state index contributed by atoms with van der Waals surface area (Å²) >= 11 is 1.33. The Balaban J connectivity index is 1.48. The predicted octanol–water partition coefficient (Wildman–Crippen LogP) is 2.97. The van der Waals surface area contributed by atoms with E-state index in [-0.39, 0.29) is 11.9 Å². The number of nitrogens with one attached hydrogen (secondary N) is 1. The molecule has 0 saturated heterocycles. The number of amides is 1. The van der Waals surface area contributed by atoms with Crippen molar-refractivity contribution >= 4 is 23.4 Å². The lowest BCUT2D eigenvalue weighted by Gasteiger charge is -2.13. The second-order valence-electron chi connectivity index (χ2n) is 6.43. The standard InChI is InChI=1S/C19H23N5OS/c1-13(9-10-16-7-5-4-6-8-16)20-17(25)12-26-19-22-18-21-14(2)11-15(3)24(18)23-19/h4-8,11,13H,9-10,12H2,1-3H3,(H,20,25)/t13-/m1/s1. The van der Waals surface area contributed by atoms with Crippen LogP contribution in [-0.4, -0.2) is 37.3 Å². The van der Waals surface area contributed by atoms with Gasteiger partial charge in [0.25, 0.3) is 5.78 Å². The molecule has 0 saturated carbocycles. The number of carbonyl (C=O) groups is 1. The van der Waals surface area contributed by atoms with Crippen molar-refractivity contribution in [2.24, 2.45) is 0 Å². The average Bonchev–Trinajstić information content (AvgIpc) is 3.02. The number of rotatable bonds is 7. The summed E-state index contributed by atoms with van der Waals surface area (Å²) in [7, 11) is 0. The van der Waals surface area contributed by atoms with Gasteiger partial charge in [0.05, 0.1) is 5.75 Å². The molecule has 7 heteroatoms. The predicted molar refractivity (Wildman–Crippen MR) is 103 cm³/mol. The molecule has 1 atom stereocenters. The van der Waals surface area contributed by atoms with Crippen LogP contribution in [-0.2, 0) is 11.2 Å². The van der Waals surface area contributed by atoms with Crippen molar-refractivity contribution in [1.82, 2.24) is 24.9 Å². The van der Waals surface area contributed by atoms with Crippen LogP contribution in [0.4, 0.5) is 0 Å². The summed E-state index contributed by atoms with van der Waals surface area (Å²) in [6.45, 7) is 5.93. The second kappa shape index (κ2) is 8.31. The Bertz CT molecular complexity index is 894. The first-order chi connectivity index (χ1) is 12.5. The van der Waals surface area contributed by atoms with Gasteiger partial charge in [0.2, 0.25) is 11.1 Å². The van der Waals surface area contributed by atoms with Crippen LogP contribution in [0.5, 0.6) is 0 Å². The molecule has 0 aliphatic heterocycles. The van der Waals surface area contributed by atoms with E-state index in [1.807, 2.05) is 45.0 Å². The quantitative estimate of drug-likeness (QED) is 0.648. The summed E-state index contributed by atoms with van der Waals surface area (Å²) in [4.78, 5) is 20.9. The third kappa shape index (κ3) is 4.82. The maximum atomic E-state index is 12.2. The van der Waals surface area contributed by atoms with Gasteiger partial charge in [-0.05, 0) is 45.2 Å². The zero-order chi connectivity index (χ0) is 18.5. The number of thioether (sulfide) groups is 1. The van der Waals surface area contributed by atoms with Crippen LogP contribution in [0.3, 0.4) is 0 Å². The summed E-state index contributed by atoms with van der Waals surface area (Å²) < 4.78 is 1.70. The molecule has 0 aliphatic rings. The Kier molecular flexibility index (Phi) is 5.88. The topological polar surface area (TPSA) is 72.2 Å². The average molecular weight is 369 g/mol. The Morgan fingerprint density at radius 3 is 2.77 bits per heavy atom. The molecule has 3 rings (SSSR count). The molecule has 0 bridgehead atoms. The van der Waals surface area contributed by atoms with Crippen molar-refractivity contribution in [2.45, 2.75) is 44.8 Å². The molecule has 0 aliphatic carbocycles. The van der Waals surface area contributed by atoms with Crippen LogP contribution in [0.1, 0.15) is 30.3 Å². The molecular weight excluding hydrogens is 346 g/mol. The van der Waals surface area contributed by atoms with Gasteiger partial charge in [-0.3, -0.25) is 4.79 Å². The molecule has 1 N–H and O–H groups in total. The van der Waals surface area contributed by atoms with Gasteiger partial charge in [0.15, 0.2) is 0 Å². The maximum Gasteiger partial charge on any atom is 0.253 e. The first-order valence-corrected chi connectivity index (χ1v) is 9.67. The van der Waals surface area contributed by atoms with Crippen LogP contribution in [0.2, 0.25) is 0 Å². The first kappa shape index (κ1) is 18.4. The van der Waals surface area contributed by atoms with Crippen molar-refractivity contribution in [3.63, 3.8) is 0 Å². The van der Waals surface area contributed by atoms with Crippen LogP contribution in [0.15, 0.2) is 41.6 Å². The zero-order valence-corrected chi connectivity index (χ0v) is 16.1. The molecule has 3 aromatic rings. The summed E-state index contributed by atoms with van der Waals surface area (Å²) in [5.74, 6) is 0.863. The molecule has 0 fully saturated rings. The number of fused-ring (bicyclic) bond motifs is 1. The molecule has 0 radical (unpaired) electrons. The molecule has 1 amide bonds. The fraction of sp³-hybridized carbons (Fsp3) is 0.368. The molecular formula is C19H23N5OS. The van der Waals surface area contributed by atoms with E-state index >= 15 is 0 Å². The fourth-order valence-corrected chi connectivity index (χ4v) is 3.38. The van der Waals surface area contributed by atoms with E-state index in [9.17, 15) is 4.79 Å². The number of hydrogen-bond acceptors (Lipinski definition) is 5. The van der Waals surface area contributed by atoms with Crippen molar-refractivity contribution in [1.29, 1.82) is 0 Å². The van der Waals surface area contributed by atoms with Crippen molar-refractivity contribution < 1.29 is 4.79 Å². The number of carbonyl (C=O) groups excluding carboxylic acids is 1. The highest BCUT2D eigenvalue weighted by atomic mass is 32.2. The number of aryl methyl sites for hydroxylation is 3. The molecule has 136 valence electrons. The lowest BCUT2D eigenvalue weighted by molar-refractivity contribution is -0.119. The van der Waals surface area contributed by atoms with Gasteiger partial charge in [-0.2, -0.15) is 4.98 Å². The normalized spacial score (nSPS) is 12.3. The highest BCUT2D eigenvalue weighted by molar-refractivity contribution is 7.99. The van der Waals surface area contributed by atoms with Gasteiger partial charge in [-0.1, -0.05) is 42.1 Å². The van der Waals surface area contributed by atoms with E-state index in [0.717, 1.165) is 24.2 Å². The minimum atomic E-state index is -0.00437. The molecule has 0 unspecified atom stereocenters. The van der Waals surface area contributed by atoms with E-state index in [1.165, 1.54) is 17.3 Å². The van der Waals surface area contributed by atoms with Gasteiger partial charge in [-0.15, -0.1) is 5.10 Å². The smallest absolute Gasteiger partial charge is 0.253 e. The van der Waals surface area contributed by atoms with E-state index in [4.69, 9.17) is 0 Å². The maximum absolute atomic E-state index is 12.2. The summed E-state index contributed by atoms with van der Waals surface area (Å²) in [5, 5.41) is 8.01. The molecule has 0 spiro atoms. The molecule has 2 aromatic heterocycles. The Morgan fingerprint density at radius 2 is 2.00 bits per heavy atom. The largest absolute Gasteiger partial charge is 0.353 e. The van der Waals surface area contributed by atoms with Crippen molar-refractivity contribution in [2.75, 3.05) is 5.75 Å². The Labute approximate surface area is 157 Å². The van der Waals surface area contributed by atoms with Crippen molar-refractivity contribution in [3.05, 3.63) is 53.3 Å². The lowest BCUT2D eigenvalue weighted by atomic mass is 10.1. The van der Waals surface area contributed by atoms with Gasteiger partial charge >= 0.3 is 0 Å². The molecule has 26 heavy (non-hydrogen) atoms. The molecule has 2 heterocycles. The minimum Gasteiger partial charge on any atom is -0.353 e. The SMILES string of the molecule is Cc1cc(C)n2nc(SCC(=O)N[C@H](C)CCc3ccccc3)nc2n1. The van der Waals surface area contributed by atoms with E-state index in [0.29, 0.717) is 16.7 Å². The molecule has 1 aromatic carbocycles. The Morgan fingerprint density at radius 1 is 1.23 bits per heavy atom. The van der Waals surface area contributed by atoms with E-state index < -0.39 is 0 Å². The van der Waals surface area contributed by atoms with Gasteiger partial charge in [0, 0.05) is 17.4 Å². The highest BCUT2D eigenvalue weighted by Crippen LogP contribution is 2.15. The highest BCUT2D eigenvalue weighted by Gasteiger charge is 2.12. The fourth-order valence-electron chi connectivity index (χ4n) is 2.76. The monoisotopic (exact) mass is 369 g/mol. The van der Waals surface area contributed by atoms with E-state index in [1.54, 1.807) is 4.52 Å². The van der Waals surface area contributed by atoms with Crippen LogP contribution in [0.25, 0.3) is 5.78 Å². The minimum absolute atomic E-state index is 0.00437. The van der Waals surface area contributed by atoms with Crippen LogP contribution >= 0.6 is 11.8 Å². The first-order valence-electron chi connectivity index (χ1n) is 8.68. The van der Waals surface area contributed by atoms with Gasteiger partial charge in [-0.25, -0.2) is 9.50 Å². The van der Waals surface area contributed by atoms with Crippen LogP contribution < -0.4 is 5.32 Å². The van der Waals surface area contributed by atoms with Crippen LogP contribution in [0, 0.1) is 13.8 Å². The summed E-state index contributed by atoms with van der Waals surface area (Å²) in [6, 6.07) is 12.4. The molecule has 6 nitrogen and oxygen atoms in total. The lowest BCUT2D eigenvalue weighted by Crippen LogP contribution is -2.34. The van der Waals surface area contributed by atoms with Crippen molar-refractivity contribution in [3.8, 4) is 0 Å². The second-order valence-corrected chi connectivity index (χ2v) is 7.37. The number of aromatic nitrogens is 4. The Hall–Kier alpha value is -2.41. The zero-order valence-electron chi connectivity index (χ0n) is 15.3. The van der Waals surface area contributed by atoms with Gasteiger partial charge in [0.1, 0.15) is 0 Å². The number of nitrogens with zero attached hydrogens (tertiary/aromatic N) is 4.